The van der Waals surface area contributed by atoms with Gasteiger partial charge in [0.2, 0.25) is 0 Å². The van der Waals surface area contributed by atoms with Crippen molar-refractivity contribution in [3.05, 3.63) is 0 Å². The lowest BCUT2D eigenvalue weighted by Crippen LogP contribution is -1.53. The molecule has 0 fully saturated rings. The lowest BCUT2D eigenvalue weighted by molar-refractivity contribution is 0.665. The summed E-state index contributed by atoms with van der Waals surface area (Å²) >= 11 is 0.856. The summed E-state index contributed by atoms with van der Waals surface area (Å²) in [7, 11) is 0. The maximum Gasteiger partial charge on any atom is 0.0166 e. The maximum absolute atomic E-state index is 7.79. The Morgan fingerprint density at radius 2 is 2.25 bits per heavy atom. The van der Waals surface area contributed by atoms with Crippen LogP contribution in [0.2, 0.25) is 0 Å². The maximum atomic E-state index is 7.79. The first-order chi connectivity index (χ1) is 1.91. The zero-order chi connectivity index (χ0) is 3.41. The molecule has 0 aromatic carbocycles. The molecule has 0 aromatic heterocycles. The molecule has 4 heavy (non-hydrogen) atoms. The lowest BCUT2D eigenvalue weighted by Gasteiger charge is -1.68. The van der Waals surface area contributed by atoms with E-state index in [1.54, 1.807) is 0 Å². The first-order valence-corrected chi connectivity index (χ1v) is 2.12. The molecule has 0 aliphatic carbocycles. The quantitative estimate of drug-likeness (QED) is 0.476. The van der Waals surface area contributed by atoms with Crippen LogP contribution in [0.5, 0.6) is 0 Å². The van der Waals surface area contributed by atoms with Gasteiger partial charge in [0.25, 0.3) is 0 Å². The Balaban J connectivity index is 1.97. The molecule has 0 saturated heterocycles. The molecule has 0 aromatic rings. The average molecular weight is 78.1 g/mol. The number of rotatable bonds is 1. The average Bonchev–Trinajstić information content (AvgIpc) is 1.37. The van der Waals surface area contributed by atoms with Gasteiger partial charge in [0.15, 0.2) is 0 Å². The SMILES string of the molecule is CCSO. The number of hydrogen-bond donors (Lipinski definition) is 1. The van der Waals surface area contributed by atoms with Crippen LogP contribution >= 0.6 is 12.0 Å². The van der Waals surface area contributed by atoms with Gasteiger partial charge < -0.3 is 4.55 Å². The third-order valence-electron chi connectivity index (χ3n) is 0.129. The predicted octanol–water partition coefficient (Wildman–Crippen LogP) is 1.21. The monoisotopic (exact) mass is 78.0 g/mol. The third-order valence-corrected chi connectivity index (χ3v) is 0.387. The molecule has 1 N–H and O–H groups in total. The Labute approximate surface area is 30.2 Å². The van der Waals surface area contributed by atoms with E-state index in [0.717, 1.165) is 17.8 Å². The zero-order valence-corrected chi connectivity index (χ0v) is 3.38. The fourth-order valence-corrected chi connectivity index (χ4v) is 0. The fourth-order valence-electron chi connectivity index (χ4n) is 0. The smallest absolute Gasteiger partial charge is 0.0166 e. The van der Waals surface area contributed by atoms with Gasteiger partial charge in [0.05, 0.1) is 0 Å². The van der Waals surface area contributed by atoms with Crippen molar-refractivity contribution in [2.24, 2.45) is 0 Å². The van der Waals surface area contributed by atoms with Crippen molar-refractivity contribution in [1.29, 1.82) is 0 Å². The molecule has 26 valence electrons. The second-order valence-electron chi connectivity index (χ2n) is 0.418. The molecule has 0 amide bonds. The minimum Gasteiger partial charge on any atom is -0.330 e. The van der Waals surface area contributed by atoms with Gasteiger partial charge in [-0.1, -0.05) is 6.92 Å². The molecule has 0 rings (SSSR count). The van der Waals surface area contributed by atoms with Gasteiger partial charge in [-0.05, 0) is 12.0 Å². The minimum atomic E-state index is 0.792. The van der Waals surface area contributed by atoms with E-state index in [0.29, 0.717) is 0 Å². The van der Waals surface area contributed by atoms with Crippen molar-refractivity contribution in [1.82, 2.24) is 0 Å². The van der Waals surface area contributed by atoms with E-state index >= 15 is 0 Å². The summed E-state index contributed by atoms with van der Waals surface area (Å²) in [4.78, 5) is 0. The Bertz CT molecular complexity index is 8.00. The molecule has 0 unspecified atom stereocenters. The molecule has 2 heteroatoms. The van der Waals surface area contributed by atoms with Gasteiger partial charge in [0.1, 0.15) is 0 Å². The molecule has 0 saturated carbocycles. The molecule has 0 aliphatic rings. The highest BCUT2D eigenvalue weighted by Gasteiger charge is 1.57. The Kier molecular flexibility index (Phi) is 3.57. The van der Waals surface area contributed by atoms with Crippen LogP contribution < -0.4 is 0 Å². The first kappa shape index (κ1) is 4.31. The van der Waals surface area contributed by atoms with Gasteiger partial charge >= 0.3 is 0 Å². The number of hydrogen-bond acceptors (Lipinski definition) is 2. The normalized spacial score (nSPS) is 7.50. The molecular weight excluding hydrogens is 72.1 g/mol. The van der Waals surface area contributed by atoms with Gasteiger partial charge in [-0.2, -0.15) is 0 Å². The van der Waals surface area contributed by atoms with Crippen molar-refractivity contribution in [2.45, 2.75) is 6.92 Å². The predicted molar refractivity (Wildman–Crippen MR) is 20.8 cm³/mol. The second kappa shape index (κ2) is 3.31. The van der Waals surface area contributed by atoms with E-state index in [4.69, 9.17) is 4.55 Å². The minimum absolute atomic E-state index is 0.792. The van der Waals surface area contributed by atoms with Crippen molar-refractivity contribution in [3.63, 3.8) is 0 Å². The molecule has 0 spiro atoms. The van der Waals surface area contributed by atoms with Crippen molar-refractivity contribution in [3.8, 4) is 0 Å². The summed E-state index contributed by atoms with van der Waals surface area (Å²) in [5, 5.41) is 0. The lowest BCUT2D eigenvalue weighted by atomic mass is 11.0. The fraction of sp³-hybridized carbons (Fsp3) is 1.00. The van der Waals surface area contributed by atoms with Crippen LogP contribution in [-0.4, -0.2) is 10.3 Å². The standard InChI is InChI=1S/C2H6OS/c1-2-4-3/h3H,2H2,1H3. The van der Waals surface area contributed by atoms with E-state index in [2.05, 4.69) is 0 Å². The summed E-state index contributed by atoms with van der Waals surface area (Å²) in [5.74, 6) is 0.792. The van der Waals surface area contributed by atoms with Gasteiger partial charge in [0, 0.05) is 5.75 Å². The highest BCUT2D eigenvalue weighted by Crippen LogP contribution is 1.82. The Morgan fingerprint density at radius 1 is 2.00 bits per heavy atom. The third kappa shape index (κ3) is 2.31. The second-order valence-corrected chi connectivity index (χ2v) is 1.25. The van der Waals surface area contributed by atoms with Crippen LogP contribution in [-0.2, 0) is 0 Å². The van der Waals surface area contributed by atoms with Gasteiger partial charge in [-0.3, -0.25) is 0 Å². The summed E-state index contributed by atoms with van der Waals surface area (Å²) in [6.07, 6.45) is 0. The summed E-state index contributed by atoms with van der Waals surface area (Å²) in [6.45, 7) is 1.89. The summed E-state index contributed by atoms with van der Waals surface area (Å²) in [5.41, 5.74) is 0. The van der Waals surface area contributed by atoms with Crippen LogP contribution in [0.15, 0.2) is 0 Å². The molecule has 0 radical (unpaired) electrons. The molecule has 1 nitrogen and oxygen atoms in total. The largest absolute Gasteiger partial charge is 0.330 e. The summed E-state index contributed by atoms with van der Waals surface area (Å²) < 4.78 is 7.79. The molecular formula is C2H6OS. The highest BCUT2D eigenvalue weighted by atomic mass is 32.2. The molecule has 0 aliphatic heterocycles. The Hall–Kier alpha value is 0.310. The zero-order valence-electron chi connectivity index (χ0n) is 2.56. The van der Waals surface area contributed by atoms with E-state index in [1.165, 1.54) is 0 Å². The molecule has 0 atom stereocenters. The molecule has 0 heterocycles. The van der Waals surface area contributed by atoms with Crippen LogP contribution in [0.3, 0.4) is 0 Å². The van der Waals surface area contributed by atoms with Crippen molar-refractivity contribution >= 4 is 12.0 Å². The Morgan fingerprint density at radius 3 is 2.25 bits per heavy atom. The summed E-state index contributed by atoms with van der Waals surface area (Å²) in [6, 6.07) is 0. The van der Waals surface area contributed by atoms with E-state index in [1.807, 2.05) is 6.92 Å². The van der Waals surface area contributed by atoms with E-state index in [-0.39, 0.29) is 0 Å². The van der Waals surface area contributed by atoms with E-state index in [9.17, 15) is 0 Å². The first-order valence-electron chi connectivity index (χ1n) is 1.18. The van der Waals surface area contributed by atoms with Gasteiger partial charge in [-0.15, -0.1) is 0 Å². The van der Waals surface area contributed by atoms with Gasteiger partial charge in [-0.25, -0.2) is 0 Å². The van der Waals surface area contributed by atoms with Crippen LogP contribution in [0, 0.1) is 0 Å². The van der Waals surface area contributed by atoms with E-state index < -0.39 is 0 Å². The van der Waals surface area contributed by atoms with Crippen molar-refractivity contribution < 1.29 is 4.55 Å². The molecule has 0 bridgehead atoms. The van der Waals surface area contributed by atoms with Crippen LogP contribution in [0.1, 0.15) is 6.92 Å². The van der Waals surface area contributed by atoms with Crippen LogP contribution in [0.4, 0.5) is 0 Å². The van der Waals surface area contributed by atoms with Crippen molar-refractivity contribution in [2.75, 3.05) is 5.75 Å². The topological polar surface area (TPSA) is 20.2 Å². The van der Waals surface area contributed by atoms with Crippen LogP contribution in [0.25, 0.3) is 0 Å². The highest BCUT2D eigenvalue weighted by molar-refractivity contribution is 7.93.